The first-order chi connectivity index (χ1) is 10.6. The number of amides is 1. The summed E-state index contributed by atoms with van der Waals surface area (Å²) in [7, 11) is 0. The zero-order valence-electron chi connectivity index (χ0n) is 13.2. The van der Waals surface area contributed by atoms with E-state index in [1.807, 2.05) is 43.0 Å². The molecule has 0 saturated heterocycles. The van der Waals surface area contributed by atoms with Crippen LogP contribution in [-0.2, 0) is 6.54 Å². The maximum atomic E-state index is 12.8. The normalized spacial score (nSPS) is 10.7. The van der Waals surface area contributed by atoms with E-state index in [-0.39, 0.29) is 11.9 Å². The summed E-state index contributed by atoms with van der Waals surface area (Å²) >= 11 is 1.64. The minimum atomic E-state index is 0.0148. The number of carbonyl (C=O) groups is 1. The Kier molecular flexibility index (Phi) is 5.95. The van der Waals surface area contributed by atoms with Crippen LogP contribution < -0.4 is 0 Å². The van der Waals surface area contributed by atoms with Crippen molar-refractivity contribution in [3.8, 4) is 0 Å². The second kappa shape index (κ2) is 7.94. The molecule has 0 aliphatic rings. The predicted octanol–water partition coefficient (Wildman–Crippen LogP) is 3.64. The molecule has 0 aliphatic carbocycles. The van der Waals surface area contributed by atoms with Crippen LogP contribution >= 0.6 is 11.8 Å². The van der Waals surface area contributed by atoms with Gasteiger partial charge in [-0.15, -0.1) is 11.8 Å². The molecule has 0 aromatic carbocycles. The molecule has 5 heteroatoms. The third-order valence-corrected chi connectivity index (χ3v) is 4.02. The van der Waals surface area contributed by atoms with Crippen molar-refractivity contribution in [2.24, 2.45) is 0 Å². The van der Waals surface area contributed by atoms with Crippen molar-refractivity contribution in [1.29, 1.82) is 0 Å². The fourth-order valence-electron chi connectivity index (χ4n) is 2.09. The van der Waals surface area contributed by atoms with Crippen LogP contribution in [0, 0.1) is 0 Å². The standard InChI is InChI=1S/C17H21N3OS/c1-4-22-16-11-14(8-10-19-16)17(21)20(13(2)3)12-15-7-5-6-9-18-15/h5-11,13H,4,12H2,1-3H3. The van der Waals surface area contributed by atoms with Gasteiger partial charge in [0.2, 0.25) is 0 Å². The number of nitrogens with zero attached hydrogens (tertiary/aromatic N) is 3. The van der Waals surface area contributed by atoms with Gasteiger partial charge in [-0.05, 0) is 43.9 Å². The van der Waals surface area contributed by atoms with Crippen molar-refractivity contribution in [3.63, 3.8) is 0 Å². The number of aromatic nitrogens is 2. The second-order valence-electron chi connectivity index (χ2n) is 5.16. The summed E-state index contributed by atoms with van der Waals surface area (Å²) in [6, 6.07) is 9.49. The van der Waals surface area contributed by atoms with Crippen LogP contribution in [0.5, 0.6) is 0 Å². The van der Waals surface area contributed by atoms with Gasteiger partial charge in [-0.3, -0.25) is 9.78 Å². The van der Waals surface area contributed by atoms with Crippen molar-refractivity contribution < 1.29 is 4.79 Å². The van der Waals surface area contributed by atoms with E-state index in [0.29, 0.717) is 12.1 Å². The number of hydrogen-bond donors (Lipinski definition) is 0. The van der Waals surface area contributed by atoms with Gasteiger partial charge >= 0.3 is 0 Å². The molecule has 2 rings (SSSR count). The van der Waals surface area contributed by atoms with Crippen LogP contribution in [0.2, 0.25) is 0 Å². The molecule has 0 bridgehead atoms. The highest BCUT2D eigenvalue weighted by atomic mass is 32.2. The highest BCUT2D eigenvalue weighted by molar-refractivity contribution is 7.99. The molecule has 0 unspecified atom stereocenters. The SMILES string of the molecule is CCSc1cc(C(=O)N(Cc2ccccn2)C(C)C)ccn1. The van der Waals surface area contributed by atoms with Gasteiger partial charge < -0.3 is 4.90 Å². The van der Waals surface area contributed by atoms with Crippen LogP contribution in [0.1, 0.15) is 36.8 Å². The summed E-state index contributed by atoms with van der Waals surface area (Å²) in [5.74, 6) is 0.952. The van der Waals surface area contributed by atoms with Gasteiger partial charge in [0.1, 0.15) is 0 Å². The number of pyridine rings is 2. The lowest BCUT2D eigenvalue weighted by Crippen LogP contribution is -2.36. The Morgan fingerprint density at radius 2 is 2.05 bits per heavy atom. The summed E-state index contributed by atoms with van der Waals surface area (Å²) < 4.78 is 0. The molecule has 0 spiro atoms. The van der Waals surface area contributed by atoms with E-state index in [4.69, 9.17) is 0 Å². The average Bonchev–Trinajstić information content (AvgIpc) is 2.53. The van der Waals surface area contributed by atoms with Gasteiger partial charge in [0.25, 0.3) is 5.91 Å². The summed E-state index contributed by atoms with van der Waals surface area (Å²) in [5, 5.41) is 0.884. The van der Waals surface area contributed by atoms with Crippen LogP contribution in [0.3, 0.4) is 0 Å². The molecule has 4 nitrogen and oxygen atoms in total. The third kappa shape index (κ3) is 4.31. The Morgan fingerprint density at radius 1 is 1.23 bits per heavy atom. The fourth-order valence-corrected chi connectivity index (χ4v) is 2.73. The van der Waals surface area contributed by atoms with E-state index in [1.54, 1.807) is 30.2 Å². The lowest BCUT2D eigenvalue weighted by Gasteiger charge is -2.26. The number of carbonyl (C=O) groups excluding carboxylic acids is 1. The predicted molar refractivity (Wildman–Crippen MR) is 89.9 cm³/mol. The summed E-state index contributed by atoms with van der Waals surface area (Å²) in [6.07, 6.45) is 3.45. The highest BCUT2D eigenvalue weighted by Crippen LogP contribution is 2.18. The Balaban J connectivity index is 2.21. The fraction of sp³-hybridized carbons (Fsp3) is 0.353. The Bertz CT molecular complexity index is 616. The summed E-state index contributed by atoms with van der Waals surface area (Å²) in [6.45, 7) is 6.62. The third-order valence-electron chi connectivity index (χ3n) is 3.22. The quantitative estimate of drug-likeness (QED) is 0.764. The lowest BCUT2D eigenvalue weighted by molar-refractivity contribution is 0.0687. The van der Waals surface area contributed by atoms with E-state index in [0.717, 1.165) is 16.5 Å². The van der Waals surface area contributed by atoms with Crippen molar-refractivity contribution in [3.05, 3.63) is 54.0 Å². The largest absolute Gasteiger partial charge is 0.330 e. The van der Waals surface area contributed by atoms with Gasteiger partial charge in [-0.1, -0.05) is 13.0 Å². The molecule has 0 fully saturated rings. The molecule has 0 N–H and O–H groups in total. The monoisotopic (exact) mass is 315 g/mol. The maximum Gasteiger partial charge on any atom is 0.254 e. The molecule has 22 heavy (non-hydrogen) atoms. The highest BCUT2D eigenvalue weighted by Gasteiger charge is 2.20. The lowest BCUT2D eigenvalue weighted by atomic mass is 10.2. The van der Waals surface area contributed by atoms with Gasteiger partial charge in [0.05, 0.1) is 17.3 Å². The molecule has 0 aliphatic heterocycles. The number of rotatable bonds is 6. The van der Waals surface area contributed by atoms with E-state index < -0.39 is 0 Å². The molecule has 2 aromatic rings. The maximum absolute atomic E-state index is 12.8. The van der Waals surface area contributed by atoms with E-state index in [1.165, 1.54) is 0 Å². The van der Waals surface area contributed by atoms with Crippen molar-refractivity contribution >= 4 is 17.7 Å². The van der Waals surface area contributed by atoms with E-state index in [9.17, 15) is 4.79 Å². The topological polar surface area (TPSA) is 46.1 Å². The summed E-state index contributed by atoms with van der Waals surface area (Å²) in [4.78, 5) is 23.2. The summed E-state index contributed by atoms with van der Waals surface area (Å²) in [5.41, 5.74) is 1.57. The second-order valence-corrected chi connectivity index (χ2v) is 6.45. The van der Waals surface area contributed by atoms with Crippen molar-refractivity contribution in [1.82, 2.24) is 14.9 Å². The minimum Gasteiger partial charge on any atom is -0.330 e. The Labute approximate surface area is 136 Å². The average molecular weight is 315 g/mol. The first-order valence-electron chi connectivity index (χ1n) is 7.41. The minimum absolute atomic E-state index is 0.0148. The first kappa shape index (κ1) is 16.5. The molecular formula is C17H21N3OS. The van der Waals surface area contributed by atoms with Crippen LogP contribution in [-0.4, -0.2) is 32.6 Å². The molecule has 0 atom stereocenters. The van der Waals surface area contributed by atoms with Gasteiger partial charge in [-0.2, -0.15) is 0 Å². The number of thioether (sulfide) groups is 1. The van der Waals surface area contributed by atoms with Gasteiger partial charge in [-0.25, -0.2) is 4.98 Å². The van der Waals surface area contributed by atoms with Gasteiger partial charge in [0, 0.05) is 24.0 Å². The molecule has 116 valence electrons. The van der Waals surface area contributed by atoms with Crippen molar-refractivity contribution in [2.45, 2.75) is 38.4 Å². The van der Waals surface area contributed by atoms with E-state index >= 15 is 0 Å². The van der Waals surface area contributed by atoms with Gasteiger partial charge in [0.15, 0.2) is 0 Å². The van der Waals surface area contributed by atoms with Crippen LogP contribution in [0.25, 0.3) is 0 Å². The molecule has 0 saturated carbocycles. The molecular weight excluding hydrogens is 294 g/mol. The zero-order chi connectivity index (χ0) is 15.9. The Morgan fingerprint density at radius 3 is 2.68 bits per heavy atom. The van der Waals surface area contributed by atoms with Crippen LogP contribution in [0.15, 0.2) is 47.8 Å². The van der Waals surface area contributed by atoms with Crippen LogP contribution in [0.4, 0.5) is 0 Å². The Hall–Kier alpha value is -1.88. The molecule has 2 heterocycles. The first-order valence-corrected chi connectivity index (χ1v) is 8.40. The molecule has 2 aromatic heterocycles. The molecule has 0 radical (unpaired) electrons. The number of hydrogen-bond acceptors (Lipinski definition) is 4. The van der Waals surface area contributed by atoms with E-state index in [2.05, 4.69) is 16.9 Å². The smallest absolute Gasteiger partial charge is 0.254 e. The zero-order valence-corrected chi connectivity index (χ0v) is 14.0. The van der Waals surface area contributed by atoms with Crippen molar-refractivity contribution in [2.75, 3.05) is 5.75 Å². The molecule has 1 amide bonds.